The summed E-state index contributed by atoms with van der Waals surface area (Å²) in [5.74, 6) is 2.66. The molecule has 0 amide bonds. The second-order valence-electron chi connectivity index (χ2n) is 6.08. The minimum atomic E-state index is 0.137. The van der Waals surface area contributed by atoms with Gasteiger partial charge in [-0.15, -0.1) is 0 Å². The third-order valence-electron chi connectivity index (χ3n) is 4.53. The molecule has 1 N–H and O–H groups in total. The van der Waals surface area contributed by atoms with Crippen molar-refractivity contribution in [3.8, 4) is 11.5 Å². The molecule has 1 atom stereocenters. The average Bonchev–Trinajstić information content (AvgIpc) is 3.22. The monoisotopic (exact) mass is 323 g/mol. The van der Waals surface area contributed by atoms with Crippen LogP contribution in [0.4, 0.5) is 0 Å². The van der Waals surface area contributed by atoms with Gasteiger partial charge in [0.15, 0.2) is 11.5 Å². The number of hydrogen-bond acceptors (Lipinski definition) is 4. The molecule has 2 aromatic carbocycles. The molecule has 4 nitrogen and oxygen atoms in total. The summed E-state index contributed by atoms with van der Waals surface area (Å²) >= 11 is 0. The van der Waals surface area contributed by atoms with E-state index in [-0.39, 0.29) is 6.04 Å². The standard InChI is InChI=1S/C20H21NO3/c1-3-15-16-6-4-5-7-17(16)24-20(15)13(2)21-11-14-8-9-18-19(10-14)23-12-22-18/h4-10,13,21H,3,11-12H2,1-2H3. The topological polar surface area (TPSA) is 43.6 Å². The highest BCUT2D eigenvalue weighted by molar-refractivity contribution is 5.82. The van der Waals surface area contributed by atoms with Gasteiger partial charge < -0.3 is 19.2 Å². The number of fused-ring (bicyclic) bond motifs is 2. The second-order valence-corrected chi connectivity index (χ2v) is 6.08. The van der Waals surface area contributed by atoms with Crippen molar-refractivity contribution < 1.29 is 13.9 Å². The van der Waals surface area contributed by atoms with Gasteiger partial charge in [-0.2, -0.15) is 0 Å². The van der Waals surface area contributed by atoms with Gasteiger partial charge in [-0.25, -0.2) is 0 Å². The number of rotatable bonds is 5. The fraction of sp³-hybridized carbons (Fsp3) is 0.300. The van der Waals surface area contributed by atoms with Crippen molar-refractivity contribution in [1.82, 2.24) is 5.32 Å². The first-order valence-electron chi connectivity index (χ1n) is 8.38. The minimum Gasteiger partial charge on any atom is -0.459 e. The number of aryl methyl sites for hydroxylation is 1. The van der Waals surface area contributed by atoms with Gasteiger partial charge in [0.2, 0.25) is 6.79 Å². The van der Waals surface area contributed by atoms with Gasteiger partial charge in [-0.3, -0.25) is 0 Å². The Bertz CT molecular complexity index is 868. The Balaban J connectivity index is 1.53. The lowest BCUT2D eigenvalue weighted by Crippen LogP contribution is -2.18. The summed E-state index contributed by atoms with van der Waals surface area (Å²) in [4.78, 5) is 0. The quantitative estimate of drug-likeness (QED) is 0.746. The zero-order valence-corrected chi connectivity index (χ0v) is 14.0. The van der Waals surface area contributed by atoms with Crippen molar-refractivity contribution in [3.05, 3.63) is 59.4 Å². The number of furan rings is 1. The van der Waals surface area contributed by atoms with Crippen LogP contribution in [0.1, 0.15) is 36.8 Å². The van der Waals surface area contributed by atoms with Gasteiger partial charge in [0.05, 0.1) is 6.04 Å². The molecule has 0 aliphatic carbocycles. The molecular weight excluding hydrogens is 302 g/mol. The molecule has 4 heteroatoms. The smallest absolute Gasteiger partial charge is 0.231 e. The third kappa shape index (κ3) is 2.63. The van der Waals surface area contributed by atoms with E-state index in [4.69, 9.17) is 13.9 Å². The third-order valence-corrected chi connectivity index (χ3v) is 4.53. The van der Waals surface area contributed by atoms with E-state index >= 15 is 0 Å². The Kier molecular flexibility index (Phi) is 3.90. The van der Waals surface area contributed by atoms with E-state index in [2.05, 4.69) is 37.4 Å². The number of hydrogen-bond donors (Lipinski definition) is 1. The Labute approximate surface area is 141 Å². The predicted molar refractivity (Wildman–Crippen MR) is 93.4 cm³/mol. The van der Waals surface area contributed by atoms with Crippen LogP contribution >= 0.6 is 0 Å². The summed E-state index contributed by atoms with van der Waals surface area (Å²) in [7, 11) is 0. The van der Waals surface area contributed by atoms with Crippen LogP contribution in [0, 0.1) is 0 Å². The maximum absolute atomic E-state index is 6.11. The molecule has 0 radical (unpaired) electrons. The van der Waals surface area contributed by atoms with Crippen molar-refractivity contribution in [3.63, 3.8) is 0 Å². The molecule has 1 aliphatic heterocycles. The summed E-state index contributed by atoms with van der Waals surface area (Å²) in [6, 6.07) is 14.4. The van der Waals surface area contributed by atoms with Crippen molar-refractivity contribution in [2.75, 3.05) is 6.79 Å². The zero-order valence-electron chi connectivity index (χ0n) is 14.0. The van der Waals surface area contributed by atoms with Gasteiger partial charge in [-0.1, -0.05) is 31.2 Å². The van der Waals surface area contributed by atoms with Crippen molar-refractivity contribution in [2.24, 2.45) is 0 Å². The van der Waals surface area contributed by atoms with Crippen LogP contribution in [0.15, 0.2) is 46.9 Å². The van der Waals surface area contributed by atoms with Gasteiger partial charge in [0.1, 0.15) is 11.3 Å². The van der Waals surface area contributed by atoms with E-state index in [1.54, 1.807) is 0 Å². The van der Waals surface area contributed by atoms with Crippen molar-refractivity contribution in [2.45, 2.75) is 32.9 Å². The summed E-state index contributed by atoms with van der Waals surface area (Å²) in [5.41, 5.74) is 3.41. The fourth-order valence-corrected chi connectivity index (χ4v) is 3.25. The largest absolute Gasteiger partial charge is 0.459 e. The number of nitrogens with one attached hydrogen (secondary N) is 1. The summed E-state index contributed by atoms with van der Waals surface area (Å²) in [6.07, 6.45) is 0.961. The van der Waals surface area contributed by atoms with Gasteiger partial charge in [-0.05, 0) is 37.1 Å². The minimum absolute atomic E-state index is 0.137. The molecule has 0 saturated carbocycles. The van der Waals surface area contributed by atoms with Crippen LogP contribution in [0.25, 0.3) is 11.0 Å². The molecule has 0 fully saturated rings. The highest BCUT2D eigenvalue weighted by Crippen LogP contribution is 2.33. The first-order valence-corrected chi connectivity index (χ1v) is 8.38. The Morgan fingerprint density at radius 1 is 1.08 bits per heavy atom. The molecule has 1 aliphatic rings. The molecule has 124 valence electrons. The van der Waals surface area contributed by atoms with Crippen LogP contribution in [0.2, 0.25) is 0 Å². The molecule has 1 unspecified atom stereocenters. The first-order chi connectivity index (χ1) is 11.8. The fourth-order valence-electron chi connectivity index (χ4n) is 3.25. The lowest BCUT2D eigenvalue weighted by Gasteiger charge is -2.13. The Morgan fingerprint density at radius 3 is 2.79 bits per heavy atom. The molecule has 0 bridgehead atoms. The van der Waals surface area contributed by atoms with Crippen LogP contribution in [0.3, 0.4) is 0 Å². The summed E-state index contributed by atoms with van der Waals surface area (Å²) < 4.78 is 16.9. The normalized spacial score (nSPS) is 14.2. The molecule has 0 saturated heterocycles. The van der Waals surface area contributed by atoms with E-state index in [0.717, 1.165) is 35.8 Å². The molecule has 24 heavy (non-hydrogen) atoms. The van der Waals surface area contributed by atoms with Crippen LogP contribution in [-0.4, -0.2) is 6.79 Å². The molecule has 1 aromatic heterocycles. The molecule has 2 heterocycles. The highest BCUT2D eigenvalue weighted by Gasteiger charge is 2.18. The molecule has 4 rings (SSSR count). The zero-order chi connectivity index (χ0) is 16.5. The number of benzene rings is 2. The van der Waals surface area contributed by atoms with Crippen molar-refractivity contribution >= 4 is 11.0 Å². The summed E-state index contributed by atoms with van der Waals surface area (Å²) in [6.45, 7) is 5.37. The molecule has 3 aromatic rings. The van der Waals surface area contributed by atoms with Crippen LogP contribution in [0.5, 0.6) is 11.5 Å². The SMILES string of the molecule is CCc1c(C(C)NCc2ccc3c(c2)OCO3)oc2ccccc12. The van der Waals surface area contributed by atoms with Crippen molar-refractivity contribution in [1.29, 1.82) is 0 Å². The maximum Gasteiger partial charge on any atom is 0.231 e. The lowest BCUT2D eigenvalue weighted by atomic mass is 10.0. The second kappa shape index (κ2) is 6.21. The summed E-state index contributed by atoms with van der Waals surface area (Å²) in [5, 5.41) is 4.77. The molecular formula is C20H21NO3. The Hall–Kier alpha value is -2.46. The van der Waals surface area contributed by atoms with E-state index in [0.29, 0.717) is 6.79 Å². The predicted octanol–water partition coefficient (Wildman–Crippen LogP) is 4.57. The molecule has 0 spiro atoms. The lowest BCUT2D eigenvalue weighted by molar-refractivity contribution is 0.174. The highest BCUT2D eigenvalue weighted by atomic mass is 16.7. The van der Waals surface area contributed by atoms with E-state index in [9.17, 15) is 0 Å². The maximum atomic E-state index is 6.11. The van der Waals surface area contributed by atoms with Crippen LogP contribution in [-0.2, 0) is 13.0 Å². The van der Waals surface area contributed by atoms with E-state index in [1.165, 1.54) is 16.5 Å². The Morgan fingerprint density at radius 2 is 1.92 bits per heavy atom. The van der Waals surface area contributed by atoms with Gasteiger partial charge in [0.25, 0.3) is 0 Å². The van der Waals surface area contributed by atoms with Gasteiger partial charge >= 0.3 is 0 Å². The first kappa shape index (κ1) is 15.1. The average molecular weight is 323 g/mol. The van der Waals surface area contributed by atoms with Crippen LogP contribution < -0.4 is 14.8 Å². The van der Waals surface area contributed by atoms with Gasteiger partial charge in [0, 0.05) is 17.5 Å². The van der Waals surface area contributed by atoms with E-state index in [1.807, 2.05) is 24.3 Å². The number of para-hydroxylation sites is 1. The number of ether oxygens (including phenoxy) is 2. The van der Waals surface area contributed by atoms with E-state index < -0.39 is 0 Å².